The van der Waals surface area contributed by atoms with E-state index >= 15 is 0 Å². The van der Waals surface area contributed by atoms with Crippen molar-refractivity contribution in [2.24, 2.45) is 0 Å². The average Bonchev–Trinajstić information content (AvgIpc) is 2.39. The molecule has 1 fully saturated rings. The van der Waals surface area contributed by atoms with Crippen molar-refractivity contribution in [3.05, 3.63) is 0 Å². The number of amides is 2. The molecule has 1 N–H and O–H groups in total. The van der Waals surface area contributed by atoms with Crippen molar-refractivity contribution in [2.45, 2.75) is 45.2 Å². The highest BCUT2D eigenvalue weighted by Gasteiger charge is 2.32. The van der Waals surface area contributed by atoms with Crippen molar-refractivity contribution in [1.29, 1.82) is 0 Å². The van der Waals surface area contributed by atoms with Crippen LogP contribution in [-0.4, -0.2) is 49.1 Å². The van der Waals surface area contributed by atoms with Crippen LogP contribution in [0.4, 0.5) is 0 Å². The summed E-state index contributed by atoms with van der Waals surface area (Å²) in [5.41, 5.74) is 0. The maximum absolute atomic E-state index is 12.2. The van der Waals surface area contributed by atoms with Crippen LogP contribution >= 0.6 is 0 Å². The first kappa shape index (κ1) is 14.0. The molecule has 0 spiro atoms. The molecule has 5 nitrogen and oxygen atoms in total. The molecule has 1 aliphatic rings. The molecule has 2 unspecified atom stereocenters. The predicted octanol–water partition coefficient (Wildman–Crippen LogP) is 0.538. The molecular weight excluding hydrogens is 220 g/mol. The highest BCUT2D eigenvalue weighted by molar-refractivity contribution is 5.90. The normalized spacial score (nSPS) is 25.7. The second kappa shape index (κ2) is 6.59. The van der Waals surface area contributed by atoms with Gasteiger partial charge in [0.05, 0.1) is 0 Å². The number of rotatable bonds is 5. The number of ether oxygens (including phenoxy) is 1. The molecule has 1 saturated heterocycles. The molecule has 0 radical (unpaired) electrons. The van der Waals surface area contributed by atoms with Gasteiger partial charge in [-0.1, -0.05) is 6.92 Å². The number of carbonyl (C=O) groups is 2. The smallest absolute Gasteiger partial charge is 0.245 e. The SMILES string of the molecule is CCC1NC(=O)CC(C)N(CCCOC)C1=O. The van der Waals surface area contributed by atoms with E-state index in [9.17, 15) is 9.59 Å². The summed E-state index contributed by atoms with van der Waals surface area (Å²) >= 11 is 0. The van der Waals surface area contributed by atoms with Gasteiger partial charge in [0, 0.05) is 32.7 Å². The van der Waals surface area contributed by atoms with Gasteiger partial charge < -0.3 is 15.0 Å². The van der Waals surface area contributed by atoms with Gasteiger partial charge in [0.15, 0.2) is 0 Å². The Morgan fingerprint density at radius 2 is 2.18 bits per heavy atom. The summed E-state index contributed by atoms with van der Waals surface area (Å²) in [4.78, 5) is 25.6. The Labute approximate surface area is 102 Å². The fourth-order valence-corrected chi connectivity index (χ4v) is 2.10. The largest absolute Gasteiger partial charge is 0.385 e. The van der Waals surface area contributed by atoms with Crippen LogP contribution in [0.2, 0.25) is 0 Å². The molecule has 2 amide bonds. The molecule has 17 heavy (non-hydrogen) atoms. The lowest BCUT2D eigenvalue weighted by atomic mass is 10.1. The third kappa shape index (κ3) is 3.70. The average molecular weight is 242 g/mol. The van der Waals surface area contributed by atoms with Crippen molar-refractivity contribution in [3.63, 3.8) is 0 Å². The Morgan fingerprint density at radius 1 is 1.47 bits per heavy atom. The van der Waals surface area contributed by atoms with E-state index in [-0.39, 0.29) is 23.9 Å². The number of methoxy groups -OCH3 is 1. The molecule has 1 rings (SSSR count). The minimum absolute atomic E-state index is 0.0296. The molecule has 0 aromatic carbocycles. The van der Waals surface area contributed by atoms with E-state index in [1.807, 2.05) is 13.8 Å². The molecule has 0 aromatic rings. The summed E-state index contributed by atoms with van der Waals surface area (Å²) in [5, 5.41) is 2.77. The number of hydrogen-bond donors (Lipinski definition) is 1. The number of hydrogen-bond acceptors (Lipinski definition) is 3. The van der Waals surface area contributed by atoms with Gasteiger partial charge >= 0.3 is 0 Å². The minimum Gasteiger partial charge on any atom is -0.385 e. The Kier molecular flexibility index (Phi) is 5.41. The zero-order valence-electron chi connectivity index (χ0n) is 10.9. The predicted molar refractivity (Wildman–Crippen MR) is 64.5 cm³/mol. The third-order valence-corrected chi connectivity index (χ3v) is 3.08. The fourth-order valence-electron chi connectivity index (χ4n) is 2.10. The van der Waals surface area contributed by atoms with Gasteiger partial charge in [-0.05, 0) is 19.8 Å². The van der Waals surface area contributed by atoms with E-state index in [0.717, 1.165) is 6.42 Å². The molecule has 0 aliphatic carbocycles. The van der Waals surface area contributed by atoms with Crippen LogP contribution < -0.4 is 5.32 Å². The topological polar surface area (TPSA) is 58.6 Å². The van der Waals surface area contributed by atoms with E-state index in [1.54, 1.807) is 12.0 Å². The van der Waals surface area contributed by atoms with Crippen molar-refractivity contribution < 1.29 is 14.3 Å². The number of carbonyl (C=O) groups excluding carboxylic acids is 2. The first-order chi connectivity index (χ1) is 8.10. The van der Waals surface area contributed by atoms with E-state index in [4.69, 9.17) is 4.74 Å². The highest BCUT2D eigenvalue weighted by Crippen LogP contribution is 2.13. The molecule has 2 atom stereocenters. The van der Waals surface area contributed by atoms with E-state index in [2.05, 4.69) is 5.32 Å². The van der Waals surface area contributed by atoms with Gasteiger partial charge in [0.1, 0.15) is 6.04 Å². The van der Waals surface area contributed by atoms with Gasteiger partial charge in [-0.15, -0.1) is 0 Å². The summed E-state index contributed by atoms with van der Waals surface area (Å²) in [7, 11) is 1.65. The quantitative estimate of drug-likeness (QED) is 0.716. The van der Waals surface area contributed by atoms with Gasteiger partial charge in [-0.3, -0.25) is 9.59 Å². The van der Waals surface area contributed by atoms with Gasteiger partial charge in [-0.25, -0.2) is 0 Å². The molecule has 5 heteroatoms. The lowest BCUT2D eigenvalue weighted by molar-refractivity contribution is -0.135. The van der Waals surface area contributed by atoms with Gasteiger partial charge in [0.25, 0.3) is 0 Å². The zero-order chi connectivity index (χ0) is 12.8. The number of nitrogens with zero attached hydrogens (tertiary/aromatic N) is 1. The van der Waals surface area contributed by atoms with Crippen molar-refractivity contribution in [1.82, 2.24) is 10.2 Å². The summed E-state index contributed by atoms with van der Waals surface area (Å²) in [6.45, 7) is 5.11. The molecule has 1 heterocycles. The van der Waals surface area contributed by atoms with Crippen LogP contribution in [0, 0.1) is 0 Å². The second-order valence-electron chi connectivity index (χ2n) is 4.46. The molecule has 0 aromatic heterocycles. The summed E-state index contributed by atoms with van der Waals surface area (Å²) in [6.07, 6.45) is 1.82. The van der Waals surface area contributed by atoms with Crippen LogP contribution in [0.5, 0.6) is 0 Å². The molecule has 0 bridgehead atoms. The molecule has 1 aliphatic heterocycles. The lowest BCUT2D eigenvalue weighted by Gasteiger charge is -2.28. The Bertz CT molecular complexity index is 281. The van der Waals surface area contributed by atoms with E-state index < -0.39 is 0 Å². The summed E-state index contributed by atoms with van der Waals surface area (Å²) < 4.78 is 4.99. The Morgan fingerprint density at radius 3 is 2.76 bits per heavy atom. The second-order valence-corrected chi connectivity index (χ2v) is 4.46. The van der Waals surface area contributed by atoms with Crippen molar-refractivity contribution in [2.75, 3.05) is 20.3 Å². The van der Waals surface area contributed by atoms with Crippen LogP contribution in [0.15, 0.2) is 0 Å². The standard InChI is InChI=1S/C12H22N2O3/c1-4-10-12(16)14(6-5-7-17-3)9(2)8-11(15)13-10/h9-10H,4-8H2,1-3H3,(H,13,15). The summed E-state index contributed by atoms with van der Waals surface area (Å²) in [5.74, 6) is -0.00565. The van der Waals surface area contributed by atoms with E-state index in [0.29, 0.717) is 26.0 Å². The van der Waals surface area contributed by atoms with Gasteiger partial charge in [0.2, 0.25) is 11.8 Å². The highest BCUT2D eigenvalue weighted by atomic mass is 16.5. The molecular formula is C12H22N2O3. The third-order valence-electron chi connectivity index (χ3n) is 3.08. The monoisotopic (exact) mass is 242 g/mol. The summed E-state index contributed by atoms with van der Waals surface area (Å²) in [6, 6.07) is -0.397. The van der Waals surface area contributed by atoms with Crippen LogP contribution in [0.1, 0.15) is 33.1 Å². The van der Waals surface area contributed by atoms with Gasteiger partial charge in [-0.2, -0.15) is 0 Å². The number of nitrogens with one attached hydrogen (secondary N) is 1. The van der Waals surface area contributed by atoms with Crippen molar-refractivity contribution >= 4 is 11.8 Å². The van der Waals surface area contributed by atoms with Crippen LogP contribution in [0.3, 0.4) is 0 Å². The van der Waals surface area contributed by atoms with Crippen molar-refractivity contribution in [3.8, 4) is 0 Å². The van der Waals surface area contributed by atoms with Crippen LogP contribution in [0.25, 0.3) is 0 Å². The fraction of sp³-hybridized carbons (Fsp3) is 0.833. The first-order valence-corrected chi connectivity index (χ1v) is 6.19. The van der Waals surface area contributed by atoms with Crippen LogP contribution in [-0.2, 0) is 14.3 Å². The maximum Gasteiger partial charge on any atom is 0.245 e. The Balaban J connectivity index is 2.69. The zero-order valence-corrected chi connectivity index (χ0v) is 10.9. The molecule has 98 valence electrons. The minimum atomic E-state index is -0.366. The maximum atomic E-state index is 12.2. The molecule has 0 saturated carbocycles. The Hall–Kier alpha value is -1.10. The lowest BCUT2D eigenvalue weighted by Crippen LogP contribution is -2.46. The van der Waals surface area contributed by atoms with E-state index in [1.165, 1.54) is 0 Å². The first-order valence-electron chi connectivity index (χ1n) is 6.19.